The van der Waals surface area contributed by atoms with Gasteiger partial charge in [-0.2, -0.15) is 4.31 Å². The number of rotatable bonds is 7. The third-order valence-corrected chi connectivity index (χ3v) is 7.36. The number of likely N-dealkylation sites (N-methyl/N-ethyl adjacent to an activating group) is 1. The van der Waals surface area contributed by atoms with Gasteiger partial charge >= 0.3 is 0 Å². The lowest BCUT2D eigenvalue weighted by atomic mass is 10.2. The van der Waals surface area contributed by atoms with E-state index in [1.54, 1.807) is 33.0 Å². The van der Waals surface area contributed by atoms with Gasteiger partial charge in [-0.3, -0.25) is 4.79 Å². The van der Waals surface area contributed by atoms with E-state index in [1.165, 1.54) is 39.5 Å². The van der Waals surface area contributed by atoms with Crippen LogP contribution in [0.2, 0.25) is 5.02 Å². The Morgan fingerprint density at radius 1 is 1.22 bits per heavy atom. The summed E-state index contributed by atoms with van der Waals surface area (Å²) in [6.07, 6.45) is -0.504. The third-order valence-electron chi connectivity index (χ3n) is 5.05. The van der Waals surface area contributed by atoms with Crippen LogP contribution in [-0.4, -0.2) is 69.0 Å². The van der Waals surface area contributed by atoms with E-state index in [9.17, 15) is 17.6 Å². The van der Waals surface area contributed by atoms with Gasteiger partial charge in [-0.25, -0.2) is 12.8 Å². The van der Waals surface area contributed by atoms with Gasteiger partial charge in [0.15, 0.2) is 11.6 Å². The second-order valence-corrected chi connectivity index (χ2v) is 10.0. The van der Waals surface area contributed by atoms with E-state index < -0.39 is 21.7 Å². The van der Waals surface area contributed by atoms with Crippen LogP contribution in [0.5, 0.6) is 5.75 Å². The number of carbonyl (C=O) groups excluding carboxylic acids is 1. The zero-order valence-electron chi connectivity index (χ0n) is 18.1. The second-order valence-electron chi connectivity index (χ2n) is 7.73. The summed E-state index contributed by atoms with van der Waals surface area (Å²) in [6.45, 7) is 4.26. The topological polar surface area (TPSA) is 76.2 Å². The molecule has 1 aliphatic heterocycles. The molecule has 0 aromatic heterocycles. The first-order valence-electron chi connectivity index (χ1n) is 10.2. The van der Waals surface area contributed by atoms with Crippen molar-refractivity contribution in [3.05, 3.63) is 58.9 Å². The summed E-state index contributed by atoms with van der Waals surface area (Å²) in [5, 5.41) is 0.0406. The van der Waals surface area contributed by atoms with Crippen LogP contribution >= 0.6 is 11.6 Å². The Labute approximate surface area is 192 Å². The quantitative estimate of drug-likeness (QED) is 0.602. The summed E-state index contributed by atoms with van der Waals surface area (Å²) < 4.78 is 52.4. The maximum Gasteiger partial charge on any atom is 0.253 e. The molecule has 2 aromatic rings. The lowest BCUT2D eigenvalue weighted by Gasteiger charge is -2.34. The third kappa shape index (κ3) is 5.58. The Balaban J connectivity index is 1.72. The van der Waals surface area contributed by atoms with Crippen molar-refractivity contribution in [2.45, 2.75) is 31.0 Å². The minimum Gasteiger partial charge on any atom is -0.489 e. The molecule has 10 heteroatoms. The van der Waals surface area contributed by atoms with Crippen molar-refractivity contribution in [2.24, 2.45) is 0 Å². The van der Waals surface area contributed by atoms with Crippen LogP contribution in [0.1, 0.15) is 24.2 Å². The Bertz CT molecular complexity index is 1070. The summed E-state index contributed by atoms with van der Waals surface area (Å²) in [6, 6.07) is 10.2. The predicted octanol–water partition coefficient (Wildman–Crippen LogP) is 3.43. The molecule has 1 amide bonds. The molecule has 7 nitrogen and oxygen atoms in total. The Morgan fingerprint density at radius 3 is 2.53 bits per heavy atom. The lowest BCUT2D eigenvalue weighted by Crippen LogP contribution is -2.48. The Hall–Kier alpha value is -2.20. The summed E-state index contributed by atoms with van der Waals surface area (Å²) >= 11 is 6.21. The van der Waals surface area contributed by atoms with Gasteiger partial charge in [-0.15, -0.1) is 0 Å². The minimum atomic E-state index is -3.91. The monoisotopic (exact) mass is 484 g/mol. The molecule has 1 saturated heterocycles. The molecule has 0 N–H and O–H groups in total. The average molecular weight is 485 g/mol. The highest BCUT2D eigenvalue weighted by Crippen LogP contribution is 2.28. The van der Waals surface area contributed by atoms with Crippen LogP contribution < -0.4 is 4.74 Å². The fraction of sp³-hybridized carbons (Fsp3) is 0.409. The fourth-order valence-electron chi connectivity index (χ4n) is 3.48. The summed E-state index contributed by atoms with van der Waals surface area (Å²) in [5.74, 6) is -0.790. The number of ether oxygens (including phenoxy) is 2. The van der Waals surface area contributed by atoms with E-state index in [0.717, 1.165) is 0 Å². The fourth-order valence-corrected chi connectivity index (χ4v) is 5.57. The first kappa shape index (κ1) is 24.4. The molecule has 0 radical (unpaired) electrons. The lowest BCUT2D eigenvalue weighted by molar-refractivity contribution is -0.0440. The smallest absolute Gasteiger partial charge is 0.253 e. The van der Waals surface area contributed by atoms with E-state index >= 15 is 0 Å². The van der Waals surface area contributed by atoms with Crippen molar-refractivity contribution in [3.63, 3.8) is 0 Å². The molecule has 0 aliphatic carbocycles. The maximum atomic E-state index is 13.6. The molecular formula is C22H26ClFN2O5S. The molecular weight excluding hydrogens is 459 g/mol. The largest absolute Gasteiger partial charge is 0.489 e. The molecule has 1 heterocycles. The van der Waals surface area contributed by atoms with Crippen LogP contribution in [0.3, 0.4) is 0 Å². The average Bonchev–Trinajstić information content (AvgIpc) is 2.74. The number of nitrogens with zero attached hydrogens (tertiary/aromatic N) is 2. The molecule has 0 bridgehead atoms. The summed E-state index contributed by atoms with van der Waals surface area (Å²) in [5.41, 5.74) is 0.177. The zero-order valence-corrected chi connectivity index (χ0v) is 19.7. The highest BCUT2D eigenvalue weighted by Gasteiger charge is 2.34. The standard InChI is InChI=1S/C22H26ClFN2O5S/c1-15-13-26(14-16(2)31-15)32(28,29)21-12-17(8-9-18(21)23)22(27)25(3)10-11-30-20-7-5-4-6-19(20)24/h4-9,12,15-16H,10-11,13-14H2,1-3H3. The number of para-hydroxylation sites is 1. The molecule has 1 fully saturated rings. The van der Waals surface area contributed by atoms with Crippen molar-refractivity contribution in [3.8, 4) is 5.75 Å². The van der Waals surface area contributed by atoms with Crippen molar-refractivity contribution in [1.29, 1.82) is 0 Å². The predicted molar refractivity (Wildman–Crippen MR) is 119 cm³/mol. The minimum absolute atomic E-state index is 0.0406. The van der Waals surface area contributed by atoms with E-state index in [-0.39, 0.29) is 59.7 Å². The molecule has 1 aliphatic rings. The second kappa shape index (κ2) is 10.2. The highest BCUT2D eigenvalue weighted by molar-refractivity contribution is 7.89. The molecule has 2 unspecified atom stereocenters. The number of halogens is 2. The molecule has 0 spiro atoms. The van der Waals surface area contributed by atoms with Gasteiger partial charge < -0.3 is 14.4 Å². The normalized spacial score (nSPS) is 19.5. The van der Waals surface area contributed by atoms with Gasteiger partial charge in [-0.05, 0) is 44.2 Å². The SMILES string of the molecule is CC1CN(S(=O)(=O)c2cc(C(=O)N(C)CCOc3ccccc3F)ccc2Cl)CC(C)O1. The first-order valence-corrected chi connectivity index (χ1v) is 12.0. The van der Waals surface area contributed by atoms with E-state index in [4.69, 9.17) is 21.1 Å². The highest BCUT2D eigenvalue weighted by atomic mass is 35.5. The van der Waals surface area contributed by atoms with Crippen LogP contribution in [0.15, 0.2) is 47.4 Å². The number of sulfonamides is 1. The number of carbonyl (C=O) groups is 1. The molecule has 3 rings (SSSR count). The van der Waals surface area contributed by atoms with Gasteiger partial charge in [0.2, 0.25) is 10.0 Å². The van der Waals surface area contributed by atoms with Gasteiger partial charge in [0.05, 0.1) is 23.8 Å². The number of hydrogen-bond acceptors (Lipinski definition) is 5. The van der Waals surface area contributed by atoms with E-state index in [1.807, 2.05) is 0 Å². The van der Waals surface area contributed by atoms with Crippen LogP contribution in [0.25, 0.3) is 0 Å². The number of amides is 1. The molecule has 174 valence electrons. The molecule has 0 saturated carbocycles. The van der Waals surface area contributed by atoms with Crippen LogP contribution in [0.4, 0.5) is 4.39 Å². The maximum absolute atomic E-state index is 13.6. The van der Waals surface area contributed by atoms with Crippen molar-refractivity contribution in [1.82, 2.24) is 9.21 Å². The summed E-state index contributed by atoms with van der Waals surface area (Å²) in [4.78, 5) is 14.1. The van der Waals surface area contributed by atoms with Gasteiger partial charge in [0.1, 0.15) is 11.5 Å². The van der Waals surface area contributed by atoms with Gasteiger partial charge in [0.25, 0.3) is 5.91 Å². The zero-order chi connectivity index (χ0) is 23.5. The van der Waals surface area contributed by atoms with E-state index in [2.05, 4.69) is 0 Å². The Morgan fingerprint density at radius 2 is 1.88 bits per heavy atom. The molecule has 2 aromatic carbocycles. The van der Waals surface area contributed by atoms with Crippen molar-refractivity contribution >= 4 is 27.5 Å². The van der Waals surface area contributed by atoms with Crippen LogP contribution in [0, 0.1) is 5.82 Å². The first-order chi connectivity index (χ1) is 15.1. The number of hydrogen-bond donors (Lipinski definition) is 0. The Kier molecular flexibility index (Phi) is 7.76. The van der Waals surface area contributed by atoms with Gasteiger partial charge in [-0.1, -0.05) is 23.7 Å². The number of morpholine rings is 1. The number of benzene rings is 2. The van der Waals surface area contributed by atoms with Gasteiger partial charge in [0, 0.05) is 25.7 Å². The molecule has 32 heavy (non-hydrogen) atoms. The summed E-state index contributed by atoms with van der Waals surface area (Å²) in [7, 11) is -2.36. The molecule has 2 atom stereocenters. The van der Waals surface area contributed by atoms with Crippen molar-refractivity contribution < 1.29 is 27.1 Å². The van der Waals surface area contributed by atoms with Crippen molar-refractivity contribution in [2.75, 3.05) is 33.3 Å². The van der Waals surface area contributed by atoms with E-state index in [0.29, 0.717) is 0 Å². The van der Waals surface area contributed by atoms with Crippen LogP contribution in [-0.2, 0) is 14.8 Å².